The summed E-state index contributed by atoms with van der Waals surface area (Å²) < 4.78 is 0. The van der Waals surface area contributed by atoms with E-state index in [-0.39, 0.29) is 11.8 Å². The van der Waals surface area contributed by atoms with E-state index < -0.39 is 0 Å². The molecule has 1 amide bonds. The first-order valence-electron chi connectivity index (χ1n) is 8.58. The van der Waals surface area contributed by atoms with Gasteiger partial charge in [-0.05, 0) is 28.8 Å². The summed E-state index contributed by atoms with van der Waals surface area (Å²) in [7, 11) is 0. The number of hydrogen-bond donors (Lipinski definition) is 1. The lowest BCUT2D eigenvalue weighted by molar-refractivity contribution is -0.116. The SMILES string of the molecule is O=C(Nc1ncc(-c2ccncc2)s1)C(c1ccccc1)c1ccccc1. The predicted octanol–water partition coefficient (Wildman–Crippen LogP) is 4.98. The first-order chi connectivity index (χ1) is 13.3. The maximum Gasteiger partial charge on any atom is 0.238 e. The van der Waals surface area contributed by atoms with Gasteiger partial charge in [-0.2, -0.15) is 0 Å². The molecule has 1 N–H and O–H groups in total. The standard InChI is InChI=1S/C22H17N3OS/c26-21(25-22-24-15-19(27-22)16-11-13-23-14-12-16)20(17-7-3-1-4-8-17)18-9-5-2-6-10-18/h1-15,20H,(H,24,25,26). The third kappa shape index (κ3) is 3.93. The van der Waals surface area contributed by atoms with Gasteiger partial charge in [0, 0.05) is 18.6 Å². The Hall–Kier alpha value is -3.31. The molecule has 2 aromatic heterocycles. The van der Waals surface area contributed by atoms with Gasteiger partial charge in [0.15, 0.2) is 5.13 Å². The number of nitrogens with zero attached hydrogens (tertiary/aromatic N) is 2. The Balaban J connectivity index is 1.61. The smallest absolute Gasteiger partial charge is 0.238 e. The van der Waals surface area contributed by atoms with Gasteiger partial charge in [0.1, 0.15) is 0 Å². The lowest BCUT2D eigenvalue weighted by Gasteiger charge is -2.17. The quantitative estimate of drug-likeness (QED) is 0.538. The van der Waals surface area contributed by atoms with Gasteiger partial charge in [-0.25, -0.2) is 4.98 Å². The highest BCUT2D eigenvalue weighted by atomic mass is 32.1. The number of carbonyl (C=O) groups excluding carboxylic acids is 1. The molecule has 132 valence electrons. The molecule has 0 fully saturated rings. The van der Waals surface area contributed by atoms with Crippen LogP contribution in [0, 0.1) is 0 Å². The molecule has 2 aromatic carbocycles. The molecule has 0 radical (unpaired) electrons. The van der Waals surface area contributed by atoms with Crippen molar-refractivity contribution in [3.8, 4) is 10.4 Å². The van der Waals surface area contributed by atoms with Crippen molar-refractivity contribution in [2.24, 2.45) is 0 Å². The summed E-state index contributed by atoms with van der Waals surface area (Å²) >= 11 is 1.45. The molecule has 0 unspecified atom stereocenters. The van der Waals surface area contributed by atoms with E-state index in [1.54, 1.807) is 18.6 Å². The summed E-state index contributed by atoms with van der Waals surface area (Å²) in [6.45, 7) is 0. The number of pyridine rings is 1. The van der Waals surface area contributed by atoms with Gasteiger partial charge in [0.05, 0.1) is 10.8 Å². The largest absolute Gasteiger partial charge is 0.301 e. The fourth-order valence-electron chi connectivity index (χ4n) is 2.95. The summed E-state index contributed by atoms with van der Waals surface area (Å²) in [6.07, 6.45) is 5.26. The van der Waals surface area contributed by atoms with Crippen LogP contribution < -0.4 is 5.32 Å². The monoisotopic (exact) mass is 371 g/mol. The zero-order chi connectivity index (χ0) is 18.5. The first-order valence-corrected chi connectivity index (χ1v) is 9.40. The topological polar surface area (TPSA) is 54.9 Å². The third-order valence-corrected chi connectivity index (χ3v) is 5.19. The van der Waals surface area contributed by atoms with Crippen LogP contribution in [0.3, 0.4) is 0 Å². The van der Waals surface area contributed by atoms with E-state index in [9.17, 15) is 4.79 Å². The molecule has 0 saturated carbocycles. The highest BCUT2D eigenvalue weighted by Gasteiger charge is 2.23. The Morgan fingerprint density at radius 1 is 0.852 bits per heavy atom. The van der Waals surface area contributed by atoms with E-state index in [2.05, 4.69) is 15.3 Å². The minimum atomic E-state index is -0.388. The van der Waals surface area contributed by atoms with Crippen LogP contribution in [0.4, 0.5) is 5.13 Å². The lowest BCUT2D eigenvalue weighted by Crippen LogP contribution is -2.22. The van der Waals surface area contributed by atoms with Crippen molar-refractivity contribution in [1.82, 2.24) is 9.97 Å². The number of rotatable bonds is 5. The van der Waals surface area contributed by atoms with Crippen molar-refractivity contribution >= 4 is 22.4 Å². The molecule has 0 atom stereocenters. The Kier molecular flexibility index (Phi) is 5.03. The molecule has 0 bridgehead atoms. The van der Waals surface area contributed by atoms with E-state index in [4.69, 9.17) is 0 Å². The van der Waals surface area contributed by atoms with Crippen LogP contribution in [-0.4, -0.2) is 15.9 Å². The zero-order valence-electron chi connectivity index (χ0n) is 14.4. The molecule has 4 aromatic rings. The van der Waals surface area contributed by atoms with E-state index in [0.717, 1.165) is 21.6 Å². The Morgan fingerprint density at radius 3 is 2.04 bits per heavy atom. The maximum absolute atomic E-state index is 13.1. The fourth-order valence-corrected chi connectivity index (χ4v) is 3.77. The number of amides is 1. The van der Waals surface area contributed by atoms with Crippen molar-refractivity contribution in [2.75, 3.05) is 5.32 Å². The molecule has 2 heterocycles. The highest BCUT2D eigenvalue weighted by molar-refractivity contribution is 7.19. The van der Waals surface area contributed by atoms with Crippen LogP contribution >= 0.6 is 11.3 Å². The minimum absolute atomic E-state index is 0.0944. The van der Waals surface area contributed by atoms with Crippen LogP contribution in [0.1, 0.15) is 17.0 Å². The van der Waals surface area contributed by atoms with Crippen LogP contribution in [0.15, 0.2) is 91.4 Å². The van der Waals surface area contributed by atoms with E-state index in [0.29, 0.717) is 5.13 Å². The second-order valence-electron chi connectivity index (χ2n) is 6.01. The van der Waals surface area contributed by atoms with Crippen molar-refractivity contribution < 1.29 is 4.79 Å². The van der Waals surface area contributed by atoms with Gasteiger partial charge in [0.2, 0.25) is 5.91 Å². The normalized spacial score (nSPS) is 10.7. The predicted molar refractivity (Wildman–Crippen MR) is 109 cm³/mol. The van der Waals surface area contributed by atoms with Crippen LogP contribution in [0.5, 0.6) is 0 Å². The molecule has 0 aliphatic heterocycles. The number of aromatic nitrogens is 2. The molecule has 4 rings (SSSR count). The van der Waals surface area contributed by atoms with Crippen LogP contribution in [-0.2, 0) is 4.79 Å². The van der Waals surface area contributed by atoms with Gasteiger partial charge < -0.3 is 5.32 Å². The average molecular weight is 371 g/mol. The number of nitrogens with one attached hydrogen (secondary N) is 1. The summed E-state index contributed by atoms with van der Waals surface area (Å²) in [5.74, 6) is -0.483. The van der Waals surface area contributed by atoms with Crippen molar-refractivity contribution in [2.45, 2.75) is 5.92 Å². The Labute approximate surface area is 161 Å². The van der Waals surface area contributed by atoms with Crippen molar-refractivity contribution in [3.05, 3.63) is 103 Å². The van der Waals surface area contributed by atoms with E-state index in [1.807, 2.05) is 72.8 Å². The average Bonchev–Trinajstić information content (AvgIpc) is 3.19. The number of benzene rings is 2. The van der Waals surface area contributed by atoms with Gasteiger partial charge in [-0.15, -0.1) is 0 Å². The summed E-state index contributed by atoms with van der Waals surface area (Å²) in [6, 6.07) is 23.4. The molecule has 0 aliphatic carbocycles. The van der Waals surface area contributed by atoms with Crippen molar-refractivity contribution in [1.29, 1.82) is 0 Å². The second-order valence-corrected chi connectivity index (χ2v) is 7.04. The number of thiazole rings is 1. The Bertz CT molecular complexity index is 978. The second kappa shape index (κ2) is 7.93. The maximum atomic E-state index is 13.1. The van der Waals surface area contributed by atoms with E-state index in [1.165, 1.54) is 11.3 Å². The zero-order valence-corrected chi connectivity index (χ0v) is 15.3. The molecule has 4 nitrogen and oxygen atoms in total. The molecular formula is C22H17N3OS. The van der Waals surface area contributed by atoms with Crippen molar-refractivity contribution in [3.63, 3.8) is 0 Å². The molecule has 0 spiro atoms. The number of anilines is 1. The summed E-state index contributed by atoms with van der Waals surface area (Å²) in [5, 5.41) is 3.57. The number of carbonyl (C=O) groups is 1. The summed E-state index contributed by atoms with van der Waals surface area (Å²) in [4.78, 5) is 22.5. The Morgan fingerprint density at radius 2 is 1.44 bits per heavy atom. The summed E-state index contributed by atoms with van der Waals surface area (Å²) in [5.41, 5.74) is 2.94. The van der Waals surface area contributed by atoms with E-state index >= 15 is 0 Å². The molecule has 27 heavy (non-hydrogen) atoms. The highest BCUT2D eigenvalue weighted by Crippen LogP contribution is 2.31. The van der Waals surface area contributed by atoms with Gasteiger partial charge in [-0.3, -0.25) is 9.78 Å². The van der Waals surface area contributed by atoms with Gasteiger partial charge in [0.25, 0.3) is 0 Å². The molecular weight excluding hydrogens is 354 g/mol. The first kappa shape index (κ1) is 17.1. The molecule has 5 heteroatoms. The fraction of sp³-hybridized carbons (Fsp3) is 0.0455. The third-order valence-electron chi connectivity index (χ3n) is 4.23. The van der Waals surface area contributed by atoms with Crippen LogP contribution in [0.25, 0.3) is 10.4 Å². The van der Waals surface area contributed by atoms with Gasteiger partial charge >= 0.3 is 0 Å². The molecule has 0 saturated heterocycles. The molecule has 0 aliphatic rings. The number of hydrogen-bond acceptors (Lipinski definition) is 4. The lowest BCUT2D eigenvalue weighted by atomic mass is 9.90. The van der Waals surface area contributed by atoms with Gasteiger partial charge in [-0.1, -0.05) is 72.0 Å². The minimum Gasteiger partial charge on any atom is -0.301 e. The van der Waals surface area contributed by atoms with Crippen LogP contribution in [0.2, 0.25) is 0 Å².